The van der Waals surface area contributed by atoms with Gasteiger partial charge in [-0.2, -0.15) is 0 Å². The fourth-order valence-electron chi connectivity index (χ4n) is 3.27. The predicted octanol–water partition coefficient (Wildman–Crippen LogP) is 3.34. The Labute approximate surface area is 135 Å². The highest BCUT2D eigenvalue weighted by atomic mass is 19.1. The standard InChI is InChI=1S/C18H22FN3O/c1-13-17(21-12-20-13)18(23)22-10-4-5-14(11-22)8-9-15-6-2-3-7-16(15)19/h2-3,6-7,12,14H,4-5,8-11H2,1H3,(H,20,21)/t14-/m0/s1. The number of piperidine rings is 1. The highest BCUT2D eigenvalue weighted by Gasteiger charge is 2.26. The van der Waals surface area contributed by atoms with E-state index in [0.717, 1.165) is 50.0 Å². The number of carbonyl (C=O) groups excluding carboxylic acids is 1. The summed E-state index contributed by atoms with van der Waals surface area (Å²) in [7, 11) is 0. The smallest absolute Gasteiger partial charge is 0.274 e. The Kier molecular flexibility index (Phi) is 4.74. The van der Waals surface area contributed by atoms with Gasteiger partial charge in [-0.25, -0.2) is 9.37 Å². The van der Waals surface area contributed by atoms with Crippen LogP contribution in [0.2, 0.25) is 0 Å². The van der Waals surface area contributed by atoms with E-state index in [2.05, 4.69) is 9.97 Å². The van der Waals surface area contributed by atoms with E-state index in [0.29, 0.717) is 11.6 Å². The number of hydrogen-bond donors (Lipinski definition) is 1. The van der Waals surface area contributed by atoms with Gasteiger partial charge in [0.2, 0.25) is 0 Å². The topological polar surface area (TPSA) is 49.0 Å². The van der Waals surface area contributed by atoms with Crippen LogP contribution >= 0.6 is 0 Å². The van der Waals surface area contributed by atoms with Crippen LogP contribution in [0.25, 0.3) is 0 Å². The third-order valence-electron chi connectivity index (χ3n) is 4.62. The van der Waals surface area contributed by atoms with Crippen molar-refractivity contribution in [3.8, 4) is 0 Å². The van der Waals surface area contributed by atoms with Crippen LogP contribution in [0.1, 0.15) is 41.0 Å². The number of imidazole rings is 1. The number of carbonyl (C=O) groups is 1. The average Bonchev–Trinajstić information content (AvgIpc) is 3.00. The second kappa shape index (κ2) is 6.94. The molecule has 1 aromatic carbocycles. The second-order valence-electron chi connectivity index (χ2n) is 6.27. The van der Waals surface area contributed by atoms with E-state index in [1.54, 1.807) is 12.4 Å². The predicted molar refractivity (Wildman–Crippen MR) is 86.7 cm³/mol. The Morgan fingerprint density at radius 3 is 3.00 bits per heavy atom. The van der Waals surface area contributed by atoms with E-state index in [-0.39, 0.29) is 11.7 Å². The lowest BCUT2D eigenvalue weighted by Crippen LogP contribution is -2.40. The van der Waals surface area contributed by atoms with Gasteiger partial charge < -0.3 is 9.88 Å². The zero-order valence-electron chi connectivity index (χ0n) is 13.4. The molecular formula is C18H22FN3O. The van der Waals surface area contributed by atoms with E-state index in [9.17, 15) is 9.18 Å². The number of rotatable bonds is 4. The van der Waals surface area contributed by atoms with Gasteiger partial charge in [0.25, 0.3) is 5.91 Å². The molecule has 1 atom stereocenters. The van der Waals surface area contributed by atoms with Crippen LogP contribution in [0.4, 0.5) is 4.39 Å². The Morgan fingerprint density at radius 2 is 2.26 bits per heavy atom. The number of benzene rings is 1. The van der Waals surface area contributed by atoms with E-state index >= 15 is 0 Å². The first kappa shape index (κ1) is 15.7. The third kappa shape index (κ3) is 3.60. The molecule has 0 spiro atoms. The molecule has 2 heterocycles. The molecule has 0 bridgehead atoms. The molecule has 122 valence electrons. The summed E-state index contributed by atoms with van der Waals surface area (Å²) in [5, 5.41) is 0. The number of aromatic nitrogens is 2. The van der Waals surface area contributed by atoms with Crippen molar-refractivity contribution < 1.29 is 9.18 Å². The number of amides is 1. The van der Waals surface area contributed by atoms with Crippen LogP contribution in [0.15, 0.2) is 30.6 Å². The molecule has 2 aromatic rings. The molecule has 0 radical (unpaired) electrons. The number of halogens is 1. The van der Waals surface area contributed by atoms with Gasteiger partial charge in [-0.05, 0) is 50.2 Å². The van der Waals surface area contributed by atoms with Crippen LogP contribution in [-0.4, -0.2) is 33.9 Å². The molecule has 5 heteroatoms. The highest BCUT2D eigenvalue weighted by molar-refractivity contribution is 5.93. The van der Waals surface area contributed by atoms with E-state index in [1.165, 1.54) is 6.07 Å². The Bertz CT molecular complexity index is 682. The molecule has 1 saturated heterocycles. The first-order valence-electron chi connectivity index (χ1n) is 8.18. The van der Waals surface area contributed by atoms with Gasteiger partial charge in [0.05, 0.1) is 6.33 Å². The van der Waals surface area contributed by atoms with Crippen molar-refractivity contribution in [2.24, 2.45) is 5.92 Å². The van der Waals surface area contributed by atoms with E-state index in [1.807, 2.05) is 24.0 Å². The van der Waals surface area contributed by atoms with Gasteiger partial charge in [0.15, 0.2) is 0 Å². The van der Waals surface area contributed by atoms with Gasteiger partial charge in [-0.3, -0.25) is 4.79 Å². The molecule has 1 fully saturated rings. The maximum absolute atomic E-state index is 13.7. The fourth-order valence-corrected chi connectivity index (χ4v) is 3.27. The molecule has 1 aromatic heterocycles. The minimum Gasteiger partial charge on any atom is -0.348 e. The molecule has 1 N–H and O–H groups in total. The normalized spacial score (nSPS) is 18.2. The molecule has 4 nitrogen and oxygen atoms in total. The molecule has 0 unspecified atom stereocenters. The fraction of sp³-hybridized carbons (Fsp3) is 0.444. The second-order valence-corrected chi connectivity index (χ2v) is 6.27. The van der Waals surface area contributed by atoms with Crippen molar-refractivity contribution in [3.05, 3.63) is 53.4 Å². The van der Waals surface area contributed by atoms with Crippen LogP contribution in [-0.2, 0) is 6.42 Å². The van der Waals surface area contributed by atoms with Gasteiger partial charge >= 0.3 is 0 Å². The summed E-state index contributed by atoms with van der Waals surface area (Å²) in [6.07, 6.45) is 5.28. The lowest BCUT2D eigenvalue weighted by atomic mass is 9.91. The number of nitrogens with zero attached hydrogens (tertiary/aromatic N) is 2. The van der Waals surface area contributed by atoms with Crippen molar-refractivity contribution >= 4 is 5.91 Å². The highest BCUT2D eigenvalue weighted by Crippen LogP contribution is 2.23. The molecule has 1 aliphatic heterocycles. The van der Waals surface area contributed by atoms with E-state index < -0.39 is 0 Å². The van der Waals surface area contributed by atoms with Crippen molar-refractivity contribution in [2.45, 2.75) is 32.6 Å². The molecule has 23 heavy (non-hydrogen) atoms. The minimum atomic E-state index is -0.136. The van der Waals surface area contributed by atoms with Crippen molar-refractivity contribution in [1.82, 2.24) is 14.9 Å². The van der Waals surface area contributed by atoms with Gasteiger partial charge in [-0.15, -0.1) is 0 Å². The third-order valence-corrected chi connectivity index (χ3v) is 4.62. The number of H-pyrrole nitrogens is 1. The van der Waals surface area contributed by atoms with Gasteiger partial charge in [-0.1, -0.05) is 18.2 Å². The first-order chi connectivity index (χ1) is 11.1. The lowest BCUT2D eigenvalue weighted by Gasteiger charge is -2.32. The van der Waals surface area contributed by atoms with Gasteiger partial charge in [0.1, 0.15) is 11.5 Å². The number of aryl methyl sites for hydroxylation is 2. The van der Waals surface area contributed by atoms with Crippen LogP contribution in [0.5, 0.6) is 0 Å². The maximum atomic E-state index is 13.7. The van der Waals surface area contributed by atoms with E-state index in [4.69, 9.17) is 0 Å². The summed E-state index contributed by atoms with van der Waals surface area (Å²) in [6.45, 7) is 3.38. The summed E-state index contributed by atoms with van der Waals surface area (Å²) >= 11 is 0. The first-order valence-corrected chi connectivity index (χ1v) is 8.18. The average molecular weight is 315 g/mol. The Morgan fingerprint density at radius 1 is 1.43 bits per heavy atom. The minimum absolute atomic E-state index is 0.000610. The van der Waals surface area contributed by atoms with Crippen molar-refractivity contribution in [1.29, 1.82) is 0 Å². The molecule has 0 aliphatic carbocycles. The quantitative estimate of drug-likeness (QED) is 0.940. The molecular weight excluding hydrogens is 293 g/mol. The Hall–Kier alpha value is -2.17. The SMILES string of the molecule is Cc1[nH]cnc1C(=O)N1CCC[C@@H](CCc2ccccc2F)C1. The largest absolute Gasteiger partial charge is 0.348 e. The number of nitrogens with one attached hydrogen (secondary N) is 1. The molecule has 3 rings (SSSR count). The summed E-state index contributed by atoms with van der Waals surface area (Å²) in [6, 6.07) is 6.93. The summed E-state index contributed by atoms with van der Waals surface area (Å²) in [5.41, 5.74) is 2.09. The molecule has 0 saturated carbocycles. The summed E-state index contributed by atoms with van der Waals surface area (Å²) in [4.78, 5) is 21.5. The molecule has 1 aliphatic rings. The summed E-state index contributed by atoms with van der Waals surface area (Å²) < 4.78 is 13.7. The van der Waals surface area contributed by atoms with Gasteiger partial charge in [0, 0.05) is 18.8 Å². The van der Waals surface area contributed by atoms with Crippen LogP contribution in [0, 0.1) is 18.7 Å². The zero-order chi connectivity index (χ0) is 16.2. The van der Waals surface area contributed by atoms with Crippen LogP contribution < -0.4 is 0 Å². The molecule has 1 amide bonds. The number of hydrogen-bond acceptors (Lipinski definition) is 2. The lowest BCUT2D eigenvalue weighted by molar-refractivity contribution is 0.0662. The summed E-state index contributed by atoms with van der Waals surface area (Å²) in [5.74, 6) is 0.286. The van der Waals surface area contributed by atoms with Crippen molar-refractivity contribution in [2.75, 3.05) is 13.1 Å². The Balaban J connectivity index is 1.59. The van der Waals surface area contributed by atoms with Crippen molar-refractivity contribution in [3.63, 3.8) is 0 Å². The zero-order valence-corrected chi connectivity index (χ0v) is 13.4. The maximum Gasteiger partial charge on any atom is 0.274 e. The number of aromatic amines is 1. The monoisotopic (exact) mass is 315 g/mol. The number of likely N-dealkylation sites (tertiary alicyclic amines) is 1. The van der Waals surface area contributed by atoms with Crippen LogP contribution in [0.3, 0.4) is 0 Å².